The van der Waals surface area contributed by atoms with Crippen molar-refractivity contribution >= 4 is 21.9 Å². The van der Waals surface area contributed by atoms with Gasteiger partial charge in [0, 0.05) is 12.1 Å². The summed E-state index contributed by atoms with van der Waals surface area (Å²) >= 11 is 0. The van der Waals surface area contributed by atoms with Crippen LogP contribution >= 0.6 is 0 Å². The van der Waals surface area contributed by atoms with Crippen molar-refractivity contribution in [2.75, 3.05) is 0 Å². The first kappa shape index (κ1) is 18.6. The molecule has 25 heavy (non-hydrogen) atoms. The second-order valence-electron chi connectivity index (χ2n) is 5.37. The zero-order valence-corrected chi connectivity index (χ0v) is 14.3. The Bertz CT molecular complexity index is 848. The monoisotopic (exact) mass is 362 g/mol. The Kier molecular flexibility index (Phi) is 5.89. The molecular formula is C17H18N2O5S. The van der Waals surface area contributed by atoms with E-state index in [4.69, 9.17) is 5.11 Å². The summed E-state index contributed by atoms with van der Waals surface area (Å²) in [6.07, 6.45) is 0. The molecule has 0 spiro atoms. The van der Waals surface area contributed by atoms with Gasteiger partial charge in [0.1, 0.15) is 6.04 Å². The third kappa shape index (κ3) is 5.13. The number of aliphatic carboxylic acids is 1. The topological polar surface area (TPSA) is 113 Å². The van der Waals surface area contributed by atoms with Crippen molar-refractivity contribution in [1.82, 2.24) is 10.0 Å². The number of hydrogen-bond donors (Lipinski definition) is 3. The van der Waals surface area contributed by atoms with E-state index in [1.807, 2.05) is 0 Å². The molecule has 2 aromatic rings. The van der Waals surface area contributed by atoms with Crippen LogP contribution in [0.15, 0.2) is 59.5 Å². The molecule has 0 saturated carbocycles. The summed E-state index contributed by atoms with van der Waals surface area (Å²) in [5.74, 6) is -1.63. The number of hydrogen-bond acceptors (Lipinski definition) is 4. The Labute approximate surface area is 145 Å². The van der Waals surface area contributed by atoms with Crippen LogP contribution < -0.4 is 10.0 Å². The lowest BCUT2D eigenvalue weighted by atomic mass is 10.1. The maximum absolute atomic E-state index is 12.1. The van der Waals surface area contributed by atoms with Crippen molar-refractivity contribution in [3.8, 4) is 0 Å². The van der Waals surface area contributed by atoms with Gasteiger partial charge in [0.15, 0.2) is 0 Å². The summed E-state index contributed by atoms with van der Waals surface area (Å²) in [5.41, 5.74) is 0.963. The van der Waals surface area contributed by atoms with E-state index in [2.05, 4.69) is 10.0 Å². The smallest absolute Gasteiger partial charge is 0.325 e. The van der Waals surface area contributed by atoms with Gasteiger partial charge < -0.3 is 10.4 Å². The summed E-state index contributed by atoms with van der Waals surface area (Å²) in [5, 5.41) is 11.1. The van der Waals surface area contributed by atoms with Gasteiger partial charge >= 0.3 is 5.97 Å². The highest BCUT2D eigenvalue weighted by molar-refractivity contribution is 7.89. The average Bonchev–Trinajstić information content (AvgIpc) is 2.61. The quantitative estimate of drug-likeness (QED) is 0.688. The maximum atomic E-state index is 12.1. The van der Waals surface area contributed by atoms with E-state index in [-0.39, 0.29) is 11.4 Å². The molecule has 0 fully saturated rings. The Morgan fingerprint density at radius 1 is 1.04 bits per heavy atom. The maximum Gasteiger partial charge on any atom is 0.325 e. The molecule has 2 aromatic carbocycles. The largest absolute Gasteiger partial charge is 0.480 e. The fourth-order valence-electron chi connectivity index (χ4n) is 1.98. The zero-order chi connectivity index (χ0) is 18.4. The van der Waals surface area contributed by atoms with E-state index >= 15 is 0 Å². The number of sulfonamides is 1. The van der Waals surface area contributed by atoms with Gasteiger partial charge in [0.25, 0.3) is 5.91 Å². The number of carbonyl (C=O) groups is 2. The van der Waals surface area contributed by atoms with Gasteiger partial charge in [-0.1, -0.05) is 30.3 Å². The van der Waals surface area contributed by atoms with Gasteiger partial charge in [-0.05, 0) is 36.8 Å². The highest BCUT2D eigenvalue weighted by Gasteiger charge is 2.16. The van der Waals surface area contributed by atoms with Crippen molar-refractivity contribution in [2.45, 2.75) is 24.4 Å². The number of carboxylic acids is 1. The van der Waals surface area contributed by atoms with Gasteiger partial charge in [-0.25, -0.2) is 13.1 Å². The van der Waals surface area contributed by atoms with Crippen LogP contribution in [0.5, 0.6) is 0 Å². The molecule has 0 bridgehead atoms. The number of carboxylic acid groups (broad SMARTS) is 1. The second-order valence-corrected chi connectivity index (χ2v) is 7.13. The lowest BCUT2D eigenvalue weighted by Gasteiger charge is -2.10. The molecule has 0 radical (unpaired) electrons. The molecule has 0 saturated heterocycles. The Morgan fingerprint density at radius 3 is 2.20 bits per heavy atom. The van der Waals surface area contributed by atoms with Crippen molar-refractivity contribution in [2.24, 2.45) is 0 Å². The van der Waals surface area contributed by atoms with Gasteiger partial charge in [-0.2, -0.15) is 0 Å². The standard InChI is InChI=1S/C17H18N2O5S/c1-12(17(21)22)19-16(20)14-9-7-13(8-10-14)11-18-25(23,24)15-5-3-2-4-6-15/h2-10,12,18H,11H2,1H3,(H,19,20)(H,21,22)/t12-/m0/s1. The average molecular weight is 362 g/mol. The summed E-state index contributed by atoms with van der Waals surface area (Å²) < 4.78 is 26.8. The van der Waals surface area contributed by atoms with E-state index in [1.54, 1.807) is 30.3 Å². The molecule has 2 rings (SSSR count). The van der Waals surface area contributed by atoms with E-state index in [0.717, 1.165) is 0 Å². The van der Waals surface area contributed by atoms with Crippen LogP contribution in [-0.4, -0.2) is 31.4 Å². The van der Waals surface area contributed by atoms with Crippen molar-refractivity contribution in [1.29, 1.82) is 0 Å². The number of amides is 1. The van der Waals surface area contributed by atoms with Gasteiger partial charge in [-0.3, -0.25) is 9.59 Å². The first-order chi connectivity index (χ1) is 11.8. The molecule has 0 heterocycles. The predicted molar refractivity (Wildman–Crippen MR) is 91.5 cm³/mol. The summed E-state index contributed by atoms with van der Waals surface area (Å²) in [7, 11) is -3.60. The number of nitrogens with one attached hydrogen (secondary N) is 2. The van der Waals surface area contributed by atoms with Crippen LogP contribution in [-0.2, 0) is 21.4 Å². The Hall–Kier alpha value is -2.71. The normalized spacial score (nSPS) is 12.4. The van der Waals surface area contributed by atoms with Gasteiger partial charge in [-0.15, -0.1) is 0 Å². The fraction of sp³-hybridized carbons (Fsp3) is 0.176. The lowest BCUT2D eigenvalue weighted by Crippen LogP contribution is -2.38. The Balaban J connectivity index is 1.99. The van der Waals surface area contributed by atoms with Gasteiger partial charge in [0.2, 0.25) is 10.0 Å². The second kappa shape index (κ2) is 7.91. The third-order valence-corrected chi connectivity index (χ3v) is 4.87. The highest BCUT2D eigenvalue weighted by atomic mass is 32.2. The lowest BCUT2D eigenvalue weighted by molar-refractivity contribution is -0.138. The molecule has 0 aromatic heterocycles. The van der Waals surface area contributed by atoms with Crippen LogP contribution in [0.25, 0.3) is 0 Å². The highest BCUT2D eigenvalue weighted by Crippen LogP contribution is 2.10. The molecule has 7 nitrogen and oxygen atoms in total. The van der Waals surface area contributed by atoms with E-state index in [1.165, 1.54) is 31.2 Å². The molecular weight excluding hydrogens is 344 g/mol. The summed E-state index contributed by atoms with van der Waals surface area (Å²) in [6.45, 7) is 1.44. The molecule has 1 atom stereocenters. The first-order valence-electron chi connectivity index (χ1n) is 7.47. The molecule has 1 amide bonds. The van der Waals surface area contributed by atoms with Crippen molar-refractivity contribution in [3.05, 3.63) is 65.7 Å². The van der Waals surface area contributed by atoms with Crippen LogP contribution in [0.3, 0.4) is 0 Å². The van der Waals surface area contributed by atoms with Gasteiger partial charge in [0.05, 0.1) is 4.90 Å². The molecule has 0 aliphatic rings. The van der Waals surface area contributed by atoms with E-state index in [0.29, 0.717) is 11.1 Å². The molecule has 0 aliphatic carbocycles. The van der Waals surface area contributed by atoms with Crippen molar-refractivity contribution in [3.63, 3.8) is 0 Å². The molecule has 0 aliphatic heterocycles. The minimum absolute atomic E-state index is 0.0741. The number of benzene rings is 2. The van der Waals surface area contributed by atoms with Crippen molar-refractivity contribution < 1.29 is 23.1 Å². The molecule has 132 valence electrons. The fourth-order valence-corrected chi connectivity index (χ4v) is 3.02. The molecule has 0 unspecified atom stereocenters. The van der Waals surface area contributed by atoms with Crippen LogP contribution in [0.4, 0.5) is 0 Å². The summed E-state index contributed by atoms with van der Waals surface area (Å²) in [6, 6.07) is 13.2. The minimum Gasteiger partial charge on any atom is -0.480 e. The molecule has 3 N–H and O–H groups in total. The SMILES string of the molecule is C[C@H](NC(=O)c1ccc(CNS(=O)(=O)c2ccccc2)cc1)C(=O)O. The van der Waals surface area contributed by atoms with E-state index in [9.17, 15) is 18.0 Å². The Morgan fingerprint density at radius 2 is 1.64 bits per heavy atom. The third-order valence-electron chi connectivity index (χ3n) is 3.45. The van der Waals surface area contributed by atoms with Crippen LogP contribution in [0.1, 0.15) is 22.8 Å². The minimum atomic E-state index is -3.60. The van der Waals surface area contributed by atoms with Crippen LogP contribution in [0, 0.1) is 0 Å². The van der Waals surface area contributed by atoms with Crippen LogP contribution in [0.2, 0.25) is 0 Å². The number of carbonyl (C=O) groups excluding carboxylic acids is 1. The molecule has 8 heteroatoms. The van der Waals surface area contributed by atoms with E-state index < -0.39 is 27.9 Å². The predicted octanol–water partition coefficient (Wildman–Crippen LogP) is 1.37. The summed E-state index contributed by atoms with van der Waals surface area (Å²) in [4.78, 5) is 22.8. The zero-order valence-electron chi connectivity index (χ0n) is 13.5. The first-order valence-corrected chi connectivity index (χ1v) is 8.95. The number of rotatable bonds is 7.